The number of para-hydroxylation sites is 2. The van der Waals surface area contributed by atoms with Gasteiger partial charge in [0.15, 0.2) is 5.78 Å². The molecule has 0 amide bonds. The van der Waals surface area contributed by atoms with Gasteiger partial charge in [0.25, 0.3) is 0 Å². The normalized spacial score (nSPS) is 22.8. The molecule has 6 heteroatoms. The fourth-order valence-electron chi connectivity index (χ4n) is 4.35. The number of hydrogen-bond acceptors (Lipinski definition) is 6. The number of carbonyl (C=O) groups excluding carboxylic acids is 2. The van der Waals surface area contributed by atoms with Crippen LogP contribution in [0.2, 0.25) is 0 Å². The molecule has 1 heterocycles. The van der Waals surface area contributed by atoms with Gasteiger partial charge in [-0.3, -0.25) is 9.59 Å². The quantitative estimate of drug-likeness (QED) is 0.595. The van der Waals surface area contributed by atoms with Crippen molar-refractivity contribution in [2.45, 2.75) is 19.4 Å². The summed E-state index contributed by atoms with van der Waals surface area (Å²) in [6.07, 6.45) is 0.600. The summed E-state index contributed by atoms with van der Waals surface area (Å²) in [7, 11) is 5.32. The van der Waals surface area contributed by atoms with Crippen LogP contribution in [-0.2, 0) is 14.3 Å². The van der Waals surface area contributed by atoms with Gasteiger partial charge in [0.1, 0.15) is 5.92 Å². The molecular formula is C24H27N3O3. The first-order valence-electron chi connectivity index (χ1n) is 10.2. The van der Waals surface area contributed by atoms with Crippen LogP contribution in [0.5, 0.6) is 0 Å². The average molecular weight is 405 g/mol. The number of allylic oxidation sites excluding steroid dienone is 1. The number of hydrogen-bond donors (Lipinski definition) is 2. The summed E-state index contributed by atoms with van der Waals surface area (Å²) < 4.78 is 4.96. The number of esters is 1. The summed E-state index contributed by atoms with van der Waals surface area (Å²) in [5.41, 5.74) is 5.37. The van der Waals surface area contributed by atoms with Gasteiger partial charge in [-0.1, -0.05) is 31.2 Å². The number of ether oxygens (including phenoxy) is 1. The standard InChI is InChI=1S/C24H27N3O3/c1-14-13-19-21(23(28)20(14)24(29)30-4)22(15-9-11-16(12-10-15)27(2)3)26-18-8-6-5-7-17(18)25-19/h5-12,14,20,22,25-26H,13H2,1-4H3/t14-,20+,22-/m1/s1. The van der Waals surface area contributed by atoms with Crippen molar-refractivity contribution >= 4 is 28.8 Å². The summed E-state index contributed by atoms with van der Waals surface area (Å²) in [5, 5.41) is 7.00. The molecule has 0 spiro atoms. The van der Waals surface area contributed by atoms with Crippen LogP contribution in [0.1, 0.15) is 24.9 Å². The maximum Gasteiger partial charge on any atom is 0.316 e. The highest BCUT2D eigenvalue weighted by Gasteiger charge is 2.44. The van der Waals surface area contributed by atoms with E-state index in [1.54, 1.807) is 0 Å². The van der Waals surface area contributed by atoms with E-state index in [4.69, 9.17) is 4.74 Å². The Balaban J connectivity index is 1.84. The lowest BCUT2D eigenvalue weighted by Crippen LogP contribution is -2.39. The summed E-state index contributed by atoms with van der Waals surface area (Å²) in [5.74, 6) is -1.58. The number of fused-ring (bicyclic) bond motifs is 1. The fourth-order valence-corrected chi connectivity index (χ4v) is 4.35. The second-order valence-electron chi connectivity index (χ2n) is 8.17. The van der Waals surface area contributed by atoms with Gasteiger partial charge in [0, 0.05) is 31.1 Å². The van der Waals surface area contributed by atoms with Crippen molar-refractivity contribution in [3.05, 3.63) is 65.4 Å². The number of anilines is 3. The first-order valence-corrected chi connectivity index (χ1v) is 10.2. The lowest BCUT2D eigenvalue weighted by atomic mass is 9.75. The third-order valence-electron chi connectivity index (χ3n) is 5.97. The molecule has 0 radical (unpaired) electrons. The van der Waals surface area contributed by atoms with E-state index < -0.39 is 11.9 Å². The molecule has 0 bridgehead atoms. The summed E-state index contributed by atoms with van der Waals surface area (Å²) in [4.78, 5) is 28.0. The maximum atomic E-state index is 13.6. The zero-order valence-electron chi connectivity index (χ0n) is 17.7. The van der Waals surface area contributed by atoms with E-state index in [0.29, 0.717) is 12.0 Å². The topological polar surface area (TPSA) is 70.7 Å². The summed E-state index contributed by atoms with van der Waals surface area (Å²) >= 11 is 0. The highest BCUT2D eigenvalue weighted by molar-refractivity contribution is 6.11. The second kappa shape index (κ2) is 7.86. The third-order valence-corrected chi connectivity index (χ3v) is 5.97. The minimum atomic E-state index is -0.790. The molecule has 3 atom stereocenters. The Morgan fingerprint density at radius 3 is 2.37 bits per heavy atom. The highest BCUT2D eigenvalue weighted by Crippen LogP contribution is 2.43. The van der Waals surface area contributed by atoms with Crippen LogP contribution in [-0.4, -0.2) is 33.0 Å². The Morgan fingerprint density at radius 1 is 1.07 bits per heavy atom. The van der Waals surface area contributed by atoms with Crippen molar-refractivity contribution in [2.24, 2.45) is 11.8 Å². The number of nitrogens with one attached hydrogen (secondary N) is 2. The van der Waals surface area contributed by atoms with Crippen molar-refractivity contribution in [1.82, 2.24) is 0 Å². The molecule has 30 heavy (non-hydrogen) atoms. The van der Waals surface area contributed by atoms with Gasteiger partial charge in [0.2, 0.25) is 0 Å². The molecule has 0 fully saturated rings. The molecule has 2 N–H and O–H groups in total. The molecule has 1 aliphatic heterocycles. The van der Waals surface area contributed by atoms with Crippen molar-refractivity contribution in [1.29, 1.82) is 0 Å². The molecule has 6 nitrogen and oxygen atoms in total. The molecule has 0 unspecified atom stereocenters. The number of Topliss-reactive ketones (excluding diaryl/α,β-unsaturated/α-hetero) is 1. The predicted octanol–water partition coefficient (Wildman–Crippen LogP) is 3.98. The molecular weight excluding hydrogens is 378 g/mol. The van der Waals surface area contributed by atoms with Crippen LogP contribution < -0.4 is 15.5 Å². The van der Waals surface area contributed by atoms with Crippen molar-refractivity contribution in [3.8, 4) is 0 Å². The lowest BCUT2D eigenvalue weighted by molar-refractivity contribution is -0.151. The van der Waals surface area contributed by atoms with Gasteiger partial charge in [-0.2, -0.15) is 0 Å². The molecule has 0 aromatic heterocycles. The van der Waals surface area contributed by atoms with E-state index in [0.717, 1.165) is 28.3 Å². The minimum absolute atomic E-state index is 0.141. The van der Waals surface area contributed by atoms with Crippen LogP contribution in [0.4, 0.5) is 17.1 Å². The minimum Gasteiger partial charge on any atom is -0.468 e. The second-order valence-corrected chi connectivity index (χ2v) is 8.17. The van der Waals surface area contributed by atoms with Crippen LogP contribution in [0, 0.1) is 11.8 Å². The molecule has 156 valence electrons. The molecule has 2 aromatic rings. The SMILES string of the molecule is COC(=O)[C@@H]1C(=O)C2=C(C[C@H]1C)Nc1ccccc1N[C@@H]2c1ccc(N(C)C)cc1. The predicted molar refractivity (Wildman–Crippen MR) is 119 cm³/mol. The first kappa shape index (κ1) is 20.0. The van der Waals surface area contributed by atoms with Gasteiger partial charge >= 0.3 is 5.97 Å². The van der Waals surface area contributed by atoms with Crippen molar-refractivity contribution in [2.75, 3.05) is 36.7 Å². The Kier molecular flexibility index (Phi) is 5.24. The Labute approximate surface area is 176 Å². The van der Waals surface area contributed by atoms with Gasteiger partial charge in [0.05, 0.1) is 24.5 Å². The largest absolute Gasteiger partial charge is 0.468 e. The third kappa shape index (κ3) is 3.43. The zero-order chi connectivity index (χ0) is 21.4. The van der Waals surface area contributed by atoms with E-state index in [2.05, 4.69) is 10.6 Å². The number of nitrogens with zero attached hydrogens (tertiary/aromatic N) is 1. The molecule has 0 saturated carbocycles. The van der Waals surface area contributed by atoms with Crippen LogP contribution in [0.25, 0.3) is 0 Å². The summed E-state index contributed by atoms with van der Waals surface area (Å²) in [6.45, 7) is 1.93. The number of carbonyl (C=O) groups is 2. The molecule has 2 aliphatic rings. The number of ketones is 1. The fraction of sp³-hybridized carbons (Fsp3) is 0.333. The average Bonchev–Trinajstić information content (AvgIpc) is 2.90. The van der Waals surface area contributed by atoms with Crippen LogP contribution in [0.3, 0.4) is 0 Å². The van der Waals surface area contributed by atoms with E-state index >= 15 is 0 Å². The van der Waals surface area contributed by atoms with Crippen molar-refractivity contribution in [3.63, 3.8) is 0 Å². The van der Waals surface area contributed by atoms with E-state index in [1.165, 1.54) is 7.11 Å². The molecule has 2 aromatic carbocycles. The smallest absolute Gasteiger partial charge is 0.316 e. The number of rotatable bonds is 3. The van der Waals surface area contributed by atoms with E-state index in [9.17, 15) is 9.59 Å². The molecule has 0 saturated heterocycles. The Morgan fingerprint density at radius 2 is 1.73 bits per heavy atom. The maximum absolute atomic E-state index is 13.6. The van der Waals surface area contributed by atoms with Gasteiger partial charge < -0.3 is 20.3 Å². The number of methoxy groups -OCH3 is 1. The van der Waals surface area contributed by atoms with Crippen LogP contribution >= 0.6 is 0 Å². The van der Waals surface area contributed by atoms with Crippen LogP contribution in [0.15, 0.2) is 59.8 Å². The van der Waals surface area contributed by atoms with Gasteiger partial charge in [-0.15, -0.1) is 0 Å². The highest BCUT2D eigenvalue weighted by atomic mass is 16.5. The molecule has 1 aliphatic carbocycles. The Hall–Kier alpha value is -3.28. The van der Waals surface area contributed by atoms with Gasteiger partial charge in [-0.05, 0) is 42.2 Å². The zero-order valence-corrected chi connectivity index (χ0v) is 17.7. The monoisotopic (exact) mass is 405 g/mol. The molecule has 4 rings (SSSR count). The Bertz CT molecular complexity index is 1010. The summed E-state index contributed by atoms with van der Waals surface area (Å²) in [6, 6.07) is 15.7. The van der Waals surface area contributed by atoms with Gasteiger partial charge in [-0.25, -0.2) is 0 Å². The van der Waals surface area contributed by atoms with E-state index in [1.807, 2.05) is 74.4 Å². The lowest BCUT2D eigenvalue weighted by Gasteiger charge is -2.32. The van der Waals surface area contributed by atoms with E-state index in [-0.39, 0.29) is 17.7 Å². The first-order chi connectivity index (χ1) is 14.4. The number of benzene rings is 2. The van der Waals surface area contributed by atoms with Crippen molar-refractivity contribution < 1.29 is 14.3 Å².